The summed E-state index contributed by atoms with van der Waals surface area (Å²) in [6.45, 7) is 0. The van der Waals surface area contributed by atoms with E-state index in [1.165, 1.54) is 12.3 Å². The molecule has 2 aromatic heterocycles. The first-order chi connectivity index (χ1) is 9.81. The van der Waals surface area contributed by atoms with Crippen LogP contribution in [0.15, 0.2) is 40.9 Å². The molecule has 0 saturated heterocycles. The summed E-state index contributed by atoms with van der Waals surface area (Å²) in [5.74, 6) is 0.287. The van der Waals surface area contributed by atoms with Crippen LogP contribution in [0.5, 0.6) is 11.8 Å². The van der Waals surface area contributed by atoms with E-state index >= 15 is 0 Å². The Morgan fingerprint density at radius 3 is 2.75 bits per heavy atom. The Hall–Kier alpha value is -3.38. The Morgan fingerprint density at radius 1 is 1.10 bits per heavy atom. The lowest BCUT2D eigenvalue weighted by molar-refractivity contribution is 0.431. The van der Waals surface area contributed by atoms with Gasteiger partial charge in [-0.1, -0.05) is 12.1 Å². The number of aromatic nitrogens is 2. The molecule has 6 nitrogen and oxygen atoms in total. The highest BCUT2D eigenvalue weighted by molar-refractivity contribution is 5.86. The van der Waals surface area contributed by atoms with Gasteiger partial charge in [0, 0.05) is 6.20 Å². The average molecular weight is 262 g/mol. The van der Waals surface area contributed by atoms with Gasteiger partial charge in [0.2, 0.25) is 5.76 Å². The summed E-state index contributed by atoms with van der Waals surface area (Å²) in [5, 5.41) is 18.5. The molecule has 0 radical (unpaired) electrons. The normalized spacial score (nSPS) is 9.90. The molecule has 0 amide bonds. The Morgan fingerprint density at radius 2 is 1.95 bits per heavy atom. The smallest absolute Gasteiger partial charge is 0.323 e. The highest BCUT2D eigenvalue weighted by atomic mass is 16.5. The van der Waals surface area contributed by atoms with E-state index in [9.17, 15) is 0 Å². The third-order valence-corrected chi connectivity index (χ3v) is 2.59. The predicted octanol–water partition coefficient (Wildman–Crippen LogP) is 2.76. The van der Waals surface area contributed by atoms with Crippen molar-refractivity contribution in [2.75, 3.05) is 0 Å². The molecule has 20 heavy (non-hydrogen) atoms. The van der Waals surface area contributed by atoms with Gasteiger partial charge in [-0.25, -0.2) is 4.98 Å². The van der Waals surface area contributed by atoms with Crippen LogP contribution in [-0.2, 0) is 0 Å². The van der Waals surface area contributed by atoms with E-state index in [-0.39, 0.29) is 23.2 Å². The van der Waals surface area contributed by atoms with Crippen molar-refractivity contribution in [2.24, 2.45) is 0 Å². The molecule has 3 aromatic rings. The summed E-state index contributed by atoms with van der Waals surface area (Å²) < 4.78 is 10.9. The first kappa shape index (κ1) is 11.7. The van der Waals surface area contributed by atoms with Gasteiger partial charge >= 0.3 is 6.01 Å². The van der Waals surface area contributed by atoms with E-state index in [4.69, 9.17) is 19.7 Å². The highest BCUT2D eigenvalue weighted by Gasteiger charge is 2.17. The zero-order valence-corrected chi connectivity index (χ0v) is 10.1. The van der Waals surface area contributed by atoms with Crippen molar-refractivity contribution < 1.29 is 9.15 Å². The second-order valence-electron chi connectivity index (χ2n) is 3.81. The van der Waals surface area contributed by atoms with Crippen molar-refractivity contribution in [1.82, 2.24) is 9.97 Å². The van der Waals surface area contributed by atoms with Gasteiger partial charge in [-0.3, -0.25) is 0 Å². The molecule has 0 aliphatic rings. The van der Waals surface area contributed by atoms with Gasteiger partial charge in [-0.2, -0.15) is 15.5 Å². The van der Waals surface area contributed by atoms with Gasteiger partial charge in [0.1, 0.15) is 23.4 Å². The van der Waals surface area contributed by atoms with E-state index < -0.39 is 0 Å². The Balaban J connectivity index is 2.10. The molecule has 0 N–H and O–H groups in total. The first-order valence-corrected chi connectivity index (χ1v) is 5.64. The van der Waals surface area contributed by atoms with Crippen LogP contribution in [0.4, 0.5) is 0 Å². The lowest BCUT2D eigenvalue weighted by atomic mass is 10.2. The monoisotopic (exact) mass is 262 g/mol. The minimum atomic E-state index is -0.00731. The second kappa shape index (κ2) is 4.71. The average Bonchev–Trinajstić information content (AvgIpc) is 2.85. The zero-order valence-electron chi connectivity index (χ0n) is 10.1. The van der Waals surface area contributed by atoms with Crippen molar-refractivity contribution >= 4 is 11.0 Å². The van der Waals surface area contributed by atoms with Crippen molar-refractivity contribution in [3.63, 3.8) is 0 Å². The summed E-state index contributed by atoms with van der Waals surface area (Å²) >= 11 is 0. The molecule has 0 unspecified atom stereocenters. The largest absolute Gasteiger partial charge is 0.442 e. The van der Waals surface area contributed by atoms with Crippen LogP contribution in [0.2, 0.25) is 0 Å². The van der Waals surface area contributed by atoms with E-state index in [1.807, 2.05) is 12.1 Å². The second-order valence-corrected chi connectivity index (χ2v) is 3.81. The highest BCUT2D eigenvalue weighted by Crippen LogP contribution is 2.34. The standard InChI is InChI=1S/C14H6N4O2/c15-7-9-5-6-17-14(18-9)20-13-10-3-1-2-4-11(10)19-12(13)8-16/h1-6H. The van der Waals surface area contributed by atoms with Gasteiger partial charge in [0.25, 0.3) is 0 Å². The van der Waals surface area contributed by atoms with Crippen molar-refractivity contribution in [3.8, 4) is 23.9 Å². The topological polar surface area (TPSA) is 95.7 Å². The van der Waals surface area contributed by atoms with E-state index in [0.29, 0.717) is 11.0 Å². The summed E-state index contributed by atoms with van der Waals surface area (Å²) in [6.07, 6.45) is 1.41. The number of fused-ring (bicyclic) bond motifs is 1. The number of hydrogen-bond donors (Lipinski definition) is 0. The van der Waals surface area contributed by atoms with Gasteiger partial charge in [-0.15, -0.1) is 0 Å². The Bertz CT molecular complexity index is 871. The lowest BCUT2D eigenvalue weighted by Crippen LogP contribution is -1.94. The number of ether oxygens (including phenoxy) is 1. The van der Waals surface area contributed by atoms with Crippen LogP contribution in [0.1, 0.15) is 11.5 Å². The fourth-order valence-corrected chi connectivity index (χ4v) is 1.74. The molecular weight excluding hydrogens is 256 g/mol. The Kier molecular flexibility index (Phi) is 2.76. The van der Waals surface area contributed by atoms with Crippen LogP contribution >= 0.6 is 0 Å². The quantitative estimate of drug-likeness (QED) is 0.704. The van der Waals surface area contributed by atoms with Crippen molar-refractivity contribution in [3.05, 3.63) is 48.0 Å². The van der Waals surface area contributed by atoms with Crippen LogP contribution in [0.3, 0.4) is 0 Å². The van der Waals surface area contributed by atoms with Gasteiger partial charge in [0.15, 0.2) is 5.75 Å². The fourth-order valence-electron chi connectivity index (χ4n) is 1.74. The van der Waals surface area contributed by atoms with Crippen molar-refractivity contribution in [2.45, 2.75) is 0 Å². The molecular formula is C14H6N4O2. The number of furan rings is 1. The van der Waals surface area contributed by atoms with E-state index in [1.54, 1.807) is 24.3 Å². The number of para-hydroxylation sites is 1. The van der Waals surface area contributed by atoms with E-state index in [2.05, 4.69) is 9.97 Å². The van der Waals surface area contributed by atoms with Gasteiger partial charge < -0.3 is 9.15 Å². The van der Waals surface area contributed by atoms with E-state index in [0.717, 1.165) is 0 Å². The maximum absolute atomic E-state index is 9.08. The molecule has 0 aliphatic carbocycles. The molecule has 2 heterocycles. The number of rotatable bonds is 2. The molecule has 0 fully saturated rings. The van der Waals surface area contributed by atoms with Crippen LogP contribution in [0.25, 0.3) is 11.0 Å². The summed E-state index contributed by atoms with van der Waals surface area (Å²) in [4.78, 5) is 7.81. The molecule has 0 atom stereocenters. The SMILES string of the molecule is N#Cc1ccnc(Oc2c(C#N)oc3ccccc23)n1. The molecule has 0 saturated carbocycles. The van der Waals surface area contributed by atoms with Crippen LogP contribution in [-0.4, -0.2) is 9.97 Å². The minimum absolute atomic E-state index is 0.00731. The van der Waals surface area contributed by atoms with Crippen LogP contribution in [0, 0.1) is 22.7 Å². The fraction of sp³-hybridized carbons (Fsp3) is 0. The first-order valence-electron chi connectivity index (χ1n) is 5.64. The maximum Gasteiger partial charge on any atom is 0.323 e. The predicted molar refractivity (Wildman–Crippen MR) is 67.8 cm³/mol. The zero-order chi connectivity index (χ0) is 13.9. The van der Waals surface area contributed by atoms with Crippen LogP contribution < -0.4 is 4.74 Å². The number of nitrogens with zero attached hydrogens (tertiary/aromatic N) is 4. The minimum Gasteiger partial charge on any atom is -0.442 e. The summed E-state index contributed by atoms with van der Waals surface area (Å²) in [5.41, 5.74) is 0.719. The van der Waals surface area contributed by atoms with Gasteiger partial charge in [0.05, 0.1) is 5.39 Å². The molecule has 6 heteroatoms. The molecule has 0 spiro atoms. The van der Waals surface area contributed by atoms with Gasteiger partial charge in [-0.05, 0) is 18.2 Å². The Labute approximate surface area is 113 Å². The summed E-state index contributed by atoms with van der Waals surface area (Å²) in [7, 11) is 0. The number of nitriles is 2. The molecule has 3 rings (SSSR count). The molecule has 0 aliphatic heterocycles. The number of hydrogen-bond acceptors (Lipinski definition) is 6. The third kappa shape index (κ3) is 1.92. The lowest BCUT2D eigenvalue weighted by Gasteiger charge is -2.01. The third-order valence-electron chi connectivity index (χ3n) is 2.59. The molecule has 1 aromatic carbocycles. The van der Waals surface area contributed by atoms with Crippen molar-refractivity contribution in [1.29, 1.82) is 10.5 Å². The number of benzene rings is 1. The summed E-state index contributed by atoms with van der Waals surface area (Å²) in [6, 6.07) is 12.4. The maximum atomic E-state index is 9.08. The molecule has 0 bridgehead atoms. The molecule has 94 valence electrons.